The van der Waals surface area contributed by atoms with Crippen molar-refractivity contribution >= 4 is 23.2 Å². The van der Waals surface area contributed by atoms with Crippen LogP contribution in [-0.4, -0.2) is 11.8 Å². The Hall–Kier alpha value is -2.83. The summed E-state index contributed by atoms with van der Waals surface area (Å²) in [6.45, 7) is 3.71. The molecule has 132 valence electrons. The van der Waals surface area contributed by atoms with Crippen LogP contribution in [0, 0.1) is 13.8 Å². The number of carbonyl (C=O) groups excluding carboxylic acids is 2. The van der Waals surface area contributed by atoms with Crippen molar-refractivity contribution in [2.75, 3.05) is 10.6 Å². The quantitative estimate of drug-likeness (QED) is 0.808. The maximum absolute atomic E-state index is 12.5. The van der Waals surface area contributed by atoms with E-state index in [9.17, 15) is 22.8 Å². The molecule has 2 aromatic carbocycles. The largest absolute Gasteiger partial charge is 0.416 e. The van der Waals surface area contributed by atoms with Gasteiger partial charge in [-0.1, -0.05) is 12.1 Å². The normalized spacial score (nSPS) is 11.1. The fraction of sp³-hybridized carbons (Fsp3) is 0.222. The van der Waals surface area contributed by atoms with E-state index in [1.54, 1.807) is 6.07 Å². The topological polar surface area (TPSA) is 58.2 Å². The number of amides is 2. The summed E-state index contributed by atoms with van der Waals surface area (Å²) in [4.78, 5) is 23.8. The molecule has 0 heterocycles. The molecule has 0 atom stereocenters. The number of aryl methyl sites for hydroxylation is 2. The van der Waals surface area contributed by atoms with Crippen LogP contribution in [0.1, 0.15) is 23.1 Å². The summed E-state index contributed by atoms with van der Waals surface area (Å²) in [6.07, 6.45) is -4.87. The molecule has 2 N–H and O–H groups in total. The summed E-state index contributed by atoms with van der Waals surface area (Å²) < 4.78 is 37.4. The summed E-state index contributed by atoms with van der Waals surface area (Å²) in [5.41, 5.74) is 1.83. The van der Waals surface area contributed by atoms with Gasteiger partial charge in [-0.3, -0.25) is 9.59 Å². The summed E-state index contributed by atoms with van der Waals surface area (Å²) in [7, 11) is 0. The number of hydrogen-bond donors (Lipinski definition) is 2. The van der Waals surface area contributed by atoms with Gasteiger partial charge in [0.15, 0.2) is 0 Å². The molecule has 7 heteroatoms. The lowest BCUT2D eigenvalue weighted by atomic mass is 10.1. The van der Waals surface area contributed by atoms with Crippen LogP contribution in [-0.2, 0) is 15.8 Å². The monoisotopic (exact) mass is 350 g/mol. The minimum absolute atomic E-state index is 0.192. The predicted molar refractivity (Wildman–Crippen MR) is 89.2 cm³/mol. The summed E-state index contributed by atoms with van der Waals surface area (Å²) in [6, 6.07) is 9.57. The number of nitrogens with one attached hydrogen (secondary N) is 2. The first kappa shape index (κ1) is 18.5. The van der Waals surface area contributed by atoms with Crippen LogP contribution in [0.2, 0.25) is 0 Å². The third-order valence-corrected chi connectivity index (χ3v) is 3.48. The molecule has 2 aromatic rings. The van der Waals surface area contributed by atoms with E-state index < -0.39 is 30.0 Å². The molecule has 0 saturated carbocycles. The number of benzene rings is 2. The fourth-order valence-corrected chi connectivity index (χ4v) is 2.16. The van der Waals surface area contributed by atoms with Gasteiger partial charge in [0, 0.05) is 11.4 Å². The predicted octanol–water partition coefficient (Wildman–Crippen LogP) is 4.29. The maximum Gasteiger partial charge on any atom is 0.416 e. The Morgan fingerprint density at radius 3 is 2.12 bits per heavy atom. The van der Waals surface area contributed by atoms with Crippen molar-refractivity contribution in [3.8, 4) is 0 Å². The minimum Gasteiger partial charge on any atom is -0.326 e. The third kappa shape index (κ3) is 5.34. The van der Waals surface area contributed by atoms with E-state index in [2.05, 4.69) is 10.6 Å². The van der Waals surface area contributed by atoms with E-state index in [0.717, 1.165) is 35.4 Å². The van der Waals surface area contributed by atoms with Crippen LogP contribution < -0.4 is 10.6 Å². The number of alkyl halides is 3. The van der Waals surface area contributed by atoms with Gasteiger partial charge in [0.05, 0.1) is 5.56 Å². The van der Waals surface area contributed by atoms with E-state index in [4.69, 9.17) is 0 Å². The molecule has 0 aliphatic carbocycles. The number of hydrogen-bond acceptors (Lipinski definition) is 2. The van der Waals surface area contributed by atoms with Gasteiger partial charge in [-0.15, -0.1) is 0 Å². The molecule has 2 rings (SSSR count). The van der Waals surface area contributed by atoms with Crippen molar-refractivity contribution in [2.24, 2.45) is 0 Å². The molecule has 0 radical (unpaired) electrons. The first-order valence-corrected chi connectivity index (χ1v) is 7.49. The number of halogens is 3. The van der Waals surface area contributed by atoms with Crippen LogP contribution in [0.15, 0.2) is 42.5 Å². The Morgan fingerprint density at radius 2 is 1.52 bits per heavy atom. The van der Waals surface area contributed by atoms with E-state index in [1.165, 1.54) is 0 Å². The first-order chi connectivity index (χ1) is 11.6. The fourth-order valence-electron chi connectivity index (χ4n) is 2.16. The second kappa shape index (κ2) is 7.38. The lowest BCUT2D eigenvalue weighted by Gasteiger charge is -2.10. The summed E-state index contributed by atoms with van der Waals surface area (Å²) >= 11 is 0. The maximum atomic E-state index is 12.5. The van der Waals surface area contributed by atoms with E-state index in [1.807, 2.05) is 26.0 Å². The van der Waals surface area contributed by atoms with E-state index in [0.29, 0.717) is 5.69 Å². The van der Waals surface area contributed by atoms with Gasteiger partial charge in [0.1, 0.15) is 6.42 Å². The highest BCUT2D eigenvalue weighted by atomic mass is 19.4. The Bertz CT molecular complexity index is 784. The molecule has 25 heavy (non-hydrogen) atoms. The highest BCUT2D eigenvalue weighted by molar-refractivity contribution is 6.08. The van der Waals surface area contributed by atoms with Crippen molar-refractivity contribution in [3.63, 3.8) is 0 Å². The third-order valence-electron chi connectivity index (χ3n) is 3.48. The highest BCUT2D eigenvalue weighted by Gasteiger charge is 2.30. The van der Waals surface area contributed by atoms with Gasteiger partial charge in [-0.05, 0) is 55.3 Å². The molecule has 0 aliphatic heterocycles. The van der Waals surface area contributed by atoms with Gasteiger partial charge in [-0.2, -0.15) is 13.2 Å². The first-order valence-electron chi connectivity index (χ1n) is 7.49. The summed E-state index contributed by atoms with van der Waals surface area (Å²) in [5, 5.41) is 5.04. The van der Waals surface area contributed by atoms with Gasteiger partial charge >= 0.3 is 6.18 Å². The van der Waals surface area contributed by atoms with Gasteiger partial charge in [0.25, 0.3) is 0 Å². The van der Waals surface area contributed by atoms with E-state index in [-0.39, 0.29) is 5.69 Å². The van der Waals surface area contributed by atoms with Crippen LogP contribution in [0.3, 0.4) is 0 Å². The Morgan fingerprint density at radius 1 is 0.920 bits per heavy atom. The smallest absolute Gasteiger partial charge is 0.326 e. The molecular weight excluding hydrogens is 333 g/mol. The van der Waals surface area contributed by atoms with Crippen molar-refractivity contribution < 1.29 is 22.8 Å². The highest BCUT2D eigenvalue weighted by Crippen LogP contribution is 2.29. The molecule has 0 aliphatic rings. The van der Waals surface area contributed by atoms with Crippen molar-refractivity contribution in [1.29, 1.82) is 0 Å². The molecule has 0 aromatic heterocycles. The molecule has 0 fully saturated rings. The minimum atomic E-state index is -4.44. The molecule has 0 spiro atoms. The molecule has 0 unspecified atom stereocenters. The Kier molecular flexibility index (Phi) is 5.46. The number of carbonyl (C=O) groups is 2. The lowest BCUT2D eigenvalue weighted by Crippen LogP contribution is -2.21. The second-order valence-corrected chi connectivity index (χ2v) is 5.67. The van der Waals surface area contributed by atoms with E-state index >= 15 is 0 Å². The second-order valence-electron chi connectivity index (χ2n) is 5.67. The average molecular weight is 350 g/mol. The molecular formula is C18H17F3N2O2. The Balaban J connectivity index is 1.93. The van der Waals surface area contributed by atoms with Crippen molar-refractivity contribution in [1.82, 2.24) is 0 Å². The van der Waals surface area contributed by atoms with Crippen LogP contribution in [0.5, 0.6) is 0 Å². The zero-order valence-electron chi connectivity index (χ0n) is 13.7. The molecule has 0 bridgehead atoms. The zero-order chi connectivity index (χ0) is 18.6. The van der Waals surface area contributed by atoms with Gasteiger partial charge < -0.3 is 10.6 Å². The number of rotatable bonds is 4. The van der Waals surface area contributed by atoms with Crippen LogP contribution in [0.4, 0.5) is 24.5 Å². The zero-order valence-corrected chi connectivity index (χ0v) is 13.7. The molecule has 4 nitrogen and oxygen atoms in total. The standard InChI is InChI=1S/C18H17F3N2O2/c1-11-3-4-12(2)15(9-11)23-17(25)10-16(24)22-14-7-5-13(6-8-14)18(19,20)21/h3-9H,10H2,1-2H3,(H,22,24)(H,23,25). The SMILES string of the molecule is Cc1ccc(C)c(NC(=O)CC(=O)Nc2ccc(C(F)(F)F)cc2)c1. The van der Waals surface area contributed by atoms with Crippen molar-refractivity contribution in [2.45, 2.75) is 26.4 Å². The molecule has 0 saturated heterocycles. The lowest BCUT2D eigenvalue weighted by molar-refractivity contribution is -0.137. The van der Waals surface area contributed by atoms with Crippen LogP contribution in [0.25, 0.3) is 0 Å². The number of anilines is 2. The van der Waals surface area contributed by atoms with Gasteiger partial charge in [0.2, 0.25) is 11.8 Å². The van der Waals surface area contributed by atoms with Crippen LogP contribution >= 0.6 is 0 Å². The molecule has 2 amide bonds. The van der Waals surface area contributed by atoms with Crippen molar-refractivity contribution in [3.05, 3.63) is 59.2 Å². The average Bonchev–Trinajstić information content (AvgIpc) is 2.50. The van der Waals surface area contributed by atoms with Gasteiger partial charge in [-0.25, -0.2) is 0 Å². The summed E-state index contributed by atoms with van der Waals surface area (Å²) in [5.74, 6) is -1.11. The Labute approximate surface area is 143 Å².